The van der Waals surface area contributed by atoms with Crippen LogP contribution in [0.2, 0.25) is 0 Å². The van der Waals surface area contributed by atoms with Crippen LogP contribution in [-0.2, 0) is 11.2 Å². The van der Waals surface area contributed by atoms with E-state index in [1.54, 1.807) is 0 Å². The second-order valence-electron chi connectivity index (χ2n) is 7.77. The summed E-state index contributed by atoms with van der Waals surface area (Å²) in [5.74, 6) is 1.53. The maximum absolute atomic E-state index is 12.1. The van der Waals surface area contributed by atoms with Gasteiger partial charge in [0.25, 0.3) is 5.91 Å². The number of nitrogens with one attached hydrogen (secondary N) is 1. The minimum absolute atomic E-state index is 0.00823. The Morgan fingerprint density at radius 3 is 2.52 bits per heavy atom. The van der Waals surface area contributed by atoms with Crippen molar-refractivity contribution in [2.24, 2.45) is 11.3 Å². The minimum atomic E-state index is -0.00823. The first-order valence-electron chi connectivity index (χ1n) is 8.89. The summed E-state index contributed by atoms with van der Waals surface area (Å²) >= 11 is 0. The first-order valence-corrected chi connectivity index (χ1v) is 8.89. The summed E-state index contributed by atoms with van der Waals surface area (Å²) in [5, 5.41) is 3.13. The molecule has 0 spiro atoms. The van der Waals surface area contributed by atoms with E-state index in [-0.39, 0.29) is 12.5 Å². The molecule has 2 rings (SSSR count). The first-order chi connectivity index (χ1) is 10.9. The van der Waals surface area contributed by atoms with E-state index in [0.717, 1.165) is 30.9 Å². The number of hydrogen-bond donors (Lipinski definition) is 1. The zero-order chi connectivity index (χ0) is 16.9. The SMILES string of the molecule is CCc1cccc(OCC(=O)NC2CCC(C(C)(C)C)CC2)c1. The van der Waals surface area contributed by atoms with E-state index in [2.05, 4.69) is 39.1 Å². The van der Waals surface area contributed by atoms with E-state index in [0.29, 0.717) is 11.5 Å². The van der Waals surface area contributed by atoms with Gasteiger partial charge in [0.1, 0.15) is 5.75 Å². The fourth-order valence-electron chi connectivity index (χ4n) is 3.38. The predicted octanol–water partition coefficient (Wildman–Crippen LogP) is 4.35. The molecule has 0 bridgehead atoms. The molecule has 0 heterocycles. The highest BCUT2D eigenvalue weighted by Gasteiger charge is 2.30. The summed E-state index contributed by atoms with van der Waals surface area (Å²) in [6, 6.07) is 8.26. The molecule has 1 aliphatic rings. The van der Waals surface area contributed by atoms with Gasteiger partial charge in [0, 0.05) is 6.04 Å². The van der Waals surface area contributed by atoms with Crippen LogP contribution in [0.1, 0.15) is 58.9 Å². The van der Waals surface area contributed by atoms with Gasteiger partial charge >= 0.3 is 0 Å². The van der Waals surface area contributed by atoms with Crippen molar-refractivity contribution in [2.75, 3.05) is 6.61 Å². The second kappa shape index (κ2) is 7.85. The first kappa shape index (κ1) is 17.8. The highest BCUT2D eigenvalue weighted by molar-refractivity contribution is 5.77. The molecule has 0 aromatic heterocycles. The molecular weight excluding hydrogens is 286 g/mol. The third kappa shape index (κ3) is 5.56. The Bertz CT molecular complexity index is 511. The molecule has 3 nitrogen and oxygen atoms in total. The molecule has 0 aliphatic heterocycles. The predicted molar refractivity (Wildman–Crippen MR) is 94.7 cm³/mol. The molecule has 1 saturated carbocycles. The topological polar surface area (TPSA) is 38.3 Å². The van der Waals surface area contributed by atoms with E-state index < -0.39 is 0 Å². The number of hydrogen-bond acceptors (Lipinski definition) is 2. The molecule has 128 valence electrons. The largest absolute Gasteiger partial charge is 0.484 e. The summed E-state index contributed by atoms with van der Waals surface area (Å²) in [4.78, 5) is 12.1. The fraction of sp³-hybridized carbons (Fsp3) is 0.650. The second-order valence-corrected chi connectivity index (χ2v) is 7.77. The lowest BCUT2D eigenvalue weighted by molar-refractivity contribution is -0.124. The van der Waals surface area contributed by atoms with Gasteiger partial charge in [0.2, 0.25) is 0 Å². The lowest BCUT2D eigenvalue weighted by Gasteiger charge is -2.37. The Kier molecular flexibility index (Phi) is 6.09. The summed E-state index contributed by atoms with van der Waals surface area (Å²) in [5.41, 5.74) is 1.60. The van der Waals surface area contributed by atoms with Gasteiger partial charge in [-0.15, -0.1) is 0 Å². The van der Waals surface area contributed by atoms with Crippen molar-refractivity contribution < 1.29 is 9.53 Å². The lowest BCUT2D eigenvalue weighted by Crippen LogP contribution is -2.41. The molecule has 0 saturated heterocycles. The van der Waals surface area contributed by atoms with Crippen molar-refractivity contribution in [3.63, 3.8) is 0 Å². The number of benzene rings is 1. The van der Waals surface area contributed by atoms with Crippen LogP contribution in [0.25, 0.3) is 0 Å². The Morgan fingerprint density at radius 1 is 1.22 bits per heavy atom. The van der Waals surface area contributed by atoms with Crippen LogP contribution >= 0.6 is 0 Å². The smallest absolute Gasteiger partial charge is 0.258 e. The van der Waals surface area contributed by atoms with Crippen molar-refractivity contribution in [3.8, 4) is 5.75 Å². The average molecular weight is 317 g/mol. The van der Waals surface area contributed by atoms with Crippen LogP contribution in [0.3, 0.4) is 0 Å². The molecule has 0 radical (unpaired) electrons. The number of aryl methyl sites for hydroxylation is 1. The lowest BCUT2D eigenvalue weighted by atomic mass is 9.71. The number of carbonyl (C=O) groups is 1. The van der Waals surface area contributed by atoms with Crippen molar-refractivity contribution in [1.29, 1.82) is 0 Å². The molecule has 1 aliphatic carbocycles. The van der Waals surface area contributed by atoms with Crippen molar-refractivity contribution >= 4 is 5.91 Å². The van der Waals surface area contributed by atoms with Gasteiger partial charge in [-0.25, -0.2) is 0 Å². The van der Waals surface area contributed by atoms with Crippen molar-refractivity contribution in [1.82, 2.24) is 5.32 Å². The number of amides is 1. The monoisotopic (exact) mass is 317 g/mol. The van der Waals surface area contributed by atoms with Crippen LogP contribution in [0.5, 0.6) is 5.75 Å². The van der Waals surface area contributed by atoms with Gasteiger partial charge in [-0.3, -0.25) is 4.79 Å². The standard InChI is InChI=1S/C20H31NO2/c1-5-15-7-6-8-18(13-15)23-14-19(22)21-17-11-9-16(10-12-17)20(2,3)4/h6-8,13,16-17H,5,9-12,14H2,1-4H3,(H,21,22). The molecule has 0 atom stereocenters. The summed E-state index contributed by atoms with van der Waals surface area (Å²) in [6.07, 6.45) is 5.54. The molecule has 23 heavy (non-hydrogen) atoms. The molecule has 1 aromatic rings. The molecular formula is C20H31NO2. The van der Waals surface area contributed by atoms with Crippen LogP contribution in [0, 0.1) is 11.3 Å². The zero-order valence-electron chi connectivity index (χ0n) is 15.0. The number of ether oxygens (including phenoxy) is 1. The van der Waals surface area contributed by atoms with Gasteiger partial charge in [0.05, 0.1) is 0 Å². The van der Waals surface area contributed by atoms with E-state index in [4.69, 9.17) is 4.74 Å². The molecule has 1 aromatic carbocycles. The highest BCUT2D eigenvalue weighted by Crippen LogP contribution is 2.37. The zero-order valence-corrected chi connectivity index (χ0v) is 15.0. The Hall–Kier alpha value is -1.51. The van der Waals surface area contributed by atoms with Crippen LogP contribution in [0.15, 0.2) is 24.3 Å². The van der Waals surface area contributed by atoms with Gasteiger partial charge in [0.15, 0.2) is 6.61 Å². The van der Waals surface area contributed by atoms with Crippen LogP contribution in [-0.4, -0.2) is 18.6 Å². The molecule has 1 amide bonds. The number of rotatable bonds is 5. The minimum Gasteiger partial charge on any atom is -0.484 e. The Labute approximate surface area is 140 Å². The van der Waals surface area contributed by atoms with Crippen LogP contribution in [0.4, 0.5) is 0 Å². The fourth-order valence-corrected chi connectivity index (χ4v) is 3.38. The van der Waals surface area contributed by atoms with E-state index in [9.17, 15) is 4.79 Å². The maximum atomic E-state index is 12.1. The van der Waals surface area contributed by atoms with Gasteiger partial charge < -0.3 is 10.1 Å². The summed E-state index contributed by atoms with van der Waals surface area (Å²) < 4.78 is 5.62. The summed E-state index contributed by atoms with van der Waals surface area (Å²) in [6.45, 7) is 9.16. The Morgan fingerprint density at radius 2 is 1.91 bits per heavy atom. The molecule has 1 N–H and O–H groups in total. The van der Waals surface area contributed by atoms with Crippen LogP contribution < -0.4 is 10.1 Å². The normalized spacial score (nSPS) is 21.7. The van der Waals surface area contributed by atoms with Crippen molar-refractivity contribution in [3.05, 3.63) is 29.8 Å². The molecule has 3 heteroatoms. The third-order valence-corrected chi connectivity index (χ3v) is 4.99. The highest BCUT2D eigenvalue weighted by atomic mass is 16.5. The average Bonchev–Trinajstić information content (AvgIpc) is 2.53. The van der Waals surface area contributed by atoms with Crippen molar-refractivity contribution in [2.45, 2.75) is 65.8 Å². The third-order valence-electron chi connectivity index (χ3n) is 4.99. The maximum Gasteiger partial charge on any atom is 0.258 e. The van der Waals surface area contributed by atoms with E-state index in [1.165, 1.54) is 18.4 Å². The van der Waals surface area contributed by atoms with E-state index in [1.807, 2.05) is 18.2 Å². The number of carbonyl (C=O) groups excluding carboxylic acids is 1. The summed E-state index contributed by atoms with van der Waals surface area (Å²) in [7, 11) is 0. The van der Waals surface area contributed by atoms with Gasteiger partial charge in [-0.1, -0.05) is 39.8 Å². The van der Waals surface area contributed by atoms with Gasteiger partial charge in [-0.05, 0) is 61.1 Å². The molecule has 0 unspecified atom stereocenters. The Balaban J connectivity index is 1.73. The molecule has 1 fully saturated rings. The quantitative estimate of drug-likeness (QED) is 0.877. The van der Waals surface area contributed by atoms with E-state index >= 15 is 0 Å². The van der Waals surface area contributed by atoms with Gasteiger partial charge in [-0.2, -0.15) is 0 Å².